The van der Waals surface area contributed by atoms with E-state index in [1.807, 2.05) is 12.1 Å². The first kappa shape index (κ1) is 25.9. The van der Waals surface area contributed by atoms with Crippen LogP contribution in [0.15, 0.2) is 24.5 Å². The van der Waals surface area contributed by atoms with Gasteiger partial charge in [-0.1, -0.05) is 52.4 Å². The second kappa shape index (κ2) is 12.2. The third-order valence-electron chi connectivity index (χ3n) is 8.25. The molecule has 35 heavy (non-hydrogen) atoms. The molecule has 0 spiro atoms. The van der Waals surface area contributed by atoms with Crippen molar-refractivity contribution in [2.24, 2.45) is 11.7 Å². The van der Waals surface area contributed by atoms with Gasteiger partial charge < -0.3 is 11.1 Å². The lowest BCUT2D eigenvalue weighted by Gasteiger charge is -2.35. The molecule has 2 aromatic rings. The van der Waals surface area contributed by atoms with Crippen LogP contribution >= 0.6 is 0 Å². The monoisotopic (exact) mass is 475 g/mol. The van der Waals surface area contributed by atoms with E-state index in [1.165, 1.54) is 80.9 Å². The number of amides is 1. The van der Waals surface area contributed by atoms with Gasteiger partial charge in [0.1, 0.15) is 0 Å². The second-order valence-electron chi connectivity index (χ2n) is 11.3. The fraction of sp³-hybridized carbons (Fsp3) is 0.613. The molecule has 190 valence electrons. The highest BCUT2D eigenvalue weighted by Gasteiger charge is 2.31. The zero-order chi connectivity index (χ0) is 24.8. The van der Waals surface area contributed by atoms with E-state index in [4.69, 9.17) is 5.73 Å². The van der Waals surface area contributed by atoms with E-state index >= 15 is 0 Å². The van der Waals surface area contributed by atoms with Crippen LogP contribution in [0, 0.1) is 12.8 Å². The van der Waals surface area contributed by atoms with Crippen LogP contribution in [0.4, 0.5) is 5.69 Å². The molecule has 0 atom stereocenters. The maximum atomic E-state index is 13.4. The Labute approximate surface area is 212 Å². The standard InChI is InChI=1S/C31H45N3O/c1-21(2)19-27-29(24-13-8-5-9-14-24)26(16-17-32)28(23-11-6-4-7-12-23)22(3)30(27)34-31(35)25-15-10-18-33-20-25/h10,15,18,20-21,23-24H,4-9,11-14,16-17,19,32H2,1-3H3,(H,34,35). The Hall–Kier alpha value is -2.20. The third kappa shape index (κ3) is 5.97. The van der Waals surface area contributed by atoms with Crippen molar-refractivity contribution in [1.82, 2.24) is 4.98 Å². The van der Waals surface area contributed by atoms with Crippen molar-refractivity contribution in [3.63, 3.8) is 0 Å². The first-order valence-electron chi connectivity index (χ1n) is 14.1. The normalized spacial score (nSPS) is 17.6. The number of nitrogens with one attached hydrogen (secondary N) is 1. The average molecular weight is 476 g/mol. The van der Waals surface area contributed by atoms with Crippen LogP contribution in [0.2, 0.25) is 0 Å². The summed E-state index contributed by atoms with van der Waals surface area (Å²) in [5.41, 5.74) is 15.2. The van der Waals surface area contributed by atoms with Crippen LogP contribution in [0.5, 0.6) is 0 Å². The minimum absolute atomic E-state index is 0.0537. The van der Waals surface area contributed by atoms with Crippen LogP contribution in [-0.2, 0) is 12.8 Å². The quantitative estimate of drug-likeness (QED) is 0.417. The molecule has 3 N–H and O–H groups in total. The minimum Gasteiger partial charge on any atom is -0.330 e. The van der Waals surface area contributed by atoms with E-state index in [2.05, 4.69) is 31.1 Å². The highest BCUT2D eigenvalue weighted by molar-refractivity contribution is 6.05. The second-order valence-corrected chi connectivity index (χ2v) is 11.3. The van der Waals surface area contributed by atoms with Crippen LogP contribution in [0.1, 0.15) is 128 Å². The summed E-state index contributed by atoms with van der Waals surface area (Å²) in [7, 11) is 0. The number of pyridine rings is 1. The van der Waals surface area contributed by atoms with Gasteiger partial charge in [-0.05, 0) is 110 Å². The number of carbonyl (C=O) groups excluding carboxylic acids is 1. The van der Waals surface area contributed by atoms with Crippen LogP contribution < -0.4 is 11.1 Å². The summed E-state index contributed by atoms with van der Waals surface area (Å²) < 4.78 is 0. The summed E-state index contributed by atoms with van der Waals surface area (Å²) in [6.07, 6.45) is 18.2. The topological polar surface area (TPSA) is 68.0 Å². The summed E-state index contributed by atoms with van der Waals surface area (Å²) in [6.45, 7) is 7.54. The number of rotatable bonds is 8. The molecule has 0 aliphatic heterocycles. The number of benzene rings is 1. The Kier molecular flexibility index (Phi) is 8.99. The van der Waals surface area contributed by atoms with E-state index < -0.39 is 0 Å². The summed E-state index contributed by atoms with van der Waals surface area (Å²) in [4.78, 5) is 17.6. The average Bonchev–Trinajstić information content (AvgIpc) is 2.88. The fourth-order valence-corrected chi connectivity index (χ4v) is 6.76. The van der Waals surface area contributed by atoms with Crippen molar-refractivity contribution in [3.8, 4) is 0 Å². The number of hydrogen-bond acceptors (Lipinski definition) is 3. The Bertz CT molecular complexity index is 986. The number of hydrogen-bond donors (Lipinski definition) is 2. The van der Waals surface area contributed by atoms with E-state index in [-0.39, 0.29) is 5.91 Å². The lowest BCUT2D eigenvalue weighted by atomic mass is 9.71. The largest absolute Gasteiger partial charge is 0.330 e. The van der Waals surface area contributed by atoms with Gasteiger partial charge in [0.25, 0.3) is 5.91 Å². The lowest BCUT2D eigenvalue weighted by molar-refractivity contribution is 0.102. The van der Waals surface area contributed by atoms with Gasteiger partial charge in [0.15, 0.2) is 0 Å². The molecule has 0 unspecified atom stereocenters. The van der Waals surface area contributed by atoms with Crippen molar-refractivity contribution in [3.05, 3.63) is 57.9 Å². The van der Waals surface area contributed by atoms with Gasteiger partial charge in [0.05, 0.1) is 5.56 Å². The van der Waals surface area contributed by atoms with Crippen LogP contribution in [0.25, 0.3) is 0 Å². The molecule has 1 heterocycles. The molecule has 1 aromatic heterocycles. The number of aromatic nitrogens is 1. The van der Waals surface area contributed by atoms with Gasteiger partial charge in [0.2, 0.25) is 0 Å². The molecule has 0 bridgehead atoms. The first-order chi connectivity index (χ1) is 17.0. The van der Waals surface area contributed by atoms with Crippen molar-refractivity contribution < 1.29 is 4.79 Å². The summed E-state index contributed by atoms with van der Waals surface area (Å²) in [5.74, 6) is 1.62. The van der Waals surface area contributed by atoms with Gasteiger partial charge in [-0.2, -0.15) is 0 Å². The molecular weight excluding hydrogens is 430 g/mol. The zero-order valence-electron chi connectivity index (χ0n) is 22.2. The molecule has 0 radical (unpaired) electrons. The molecule has 2 aliphatic carbocycles. The van der Waals surface area contributed by atoms with Crippen molar-refractivity contribution in [2.45, 2.75) is 110 Å². The van der Waals surface area contributed by atoms with E-state index in [0.717, 1.165) is 18.5 Å². The molecule has 1 amide bonds. The van der Waals surface area contributed by atoms with E-state index in [9.17, 15) is 4.79 Å². The van der Waals surface area contributed by atoms with Crippen molar-refractivity contribution >= 4 is 11.6 Å². The van der Waals surface area contributed by atoms with E-state index in [0.29, 0.717) is 29.9 Å². The highest BCUT2D eigenvalue weighted by atomic mass is 16.1. The van der Waals surface area contributed by atoms with Gasteiger partial charge in [-0.15, -0.1) is 0 Å². The van der Waals surface area contributed by atoms with Gasteiger partial charge in [-0.3, -0.25) is 9.78 Å². The Morgan fingerprint density at radius 2 is 1.63 bits per heavy atom. The lowest BCUT2D eigenvalue weighted by Crippen LogP contribution is -2.23. The van der Waals surface area contributed by atoms with Gasteiger partial charge in [0, 0.05) is 18.1 Å². The summed E-state index contributed by atoms with van der Waals surface area (Å²) in [6, 6.07) is 3.69. The SMILES string of the molecule is Cc1c(NC(=O)c2cccnc2)c(CC(C)C)c(C2CCCCC2)c(CCN)c1C1CCCCC1. The molecule has 1 aromatic carbocycles. The molecule has 2 saturated carbocycles. The maximum absolute atomic E-state index is 13.4. The maximum Gasteiger partial charge on any atom is 0.257 e. The molecule has 2 fully saturated rings. The molecular formula is C31H45N3O. The molecule has 4 nitrogen and oxygen atoms in total. The molecule has 4 rings (SSSR count). The smallest absolute Gasteiger partial charge is 0.257 e. The highest BCUT2D eigenvalue weighted by Crippen LogP contribution is 2.47. The summed E-state index contributed by atoms with van der Waals surface area (Å²) in [5, 5.41) is 3.42. The first-order valence-corrected chi connectivity index (χ1v) is 14.1. The fourth-order valence-electron chi connectivity index (χ4n) is 6.76. The van der Waals surface area contributed by atoms with Crippen molar-refractivity contribution in [2.75, 3.05) is 11.9 Å². The van der Waals surface area contributed by atoms with E-state index in [1.54, 1.807) is 23.5 Å². The minimum atomic E-state index is -0.0537. The molecule has 2 aliphatic rings. The van der Waals surface area contributed by atoms with Crippen LogP contribution in [-0.4, -0.2) is 17.4 Å². The Balaban J connectivity index is 1.93. The zero-order valence-corrected chi connectivity index (χ0v) is 22.2. The Morgan fingerprint density at radius 3 is 2.17 bits per heavy atom. The van der Waals surface area contributed by atoms with Gasteiger partial charge >= 0.3 is 0 Å². The van der Waals surface area contributed by atoms with Crippen LogP contribution in [0.3, 0.4) is 0 Å². The molecule has 4 heteroatoms. The predicted molar refractivity (Wildman–Crippen MR) is 146 cm³/mol. The van der Waals surface area contributed by atoms with Crippen molar-refractivity contribution in [1.29, 1.82) is 0 Å². The van der Waals surface area contributed by atoms with Gasteiger partial charge in [-0.25, -0.2) is 0 Å². The number of nitrogens with two attached hydrogens (primary N) is 1. The Morgan fingerprint density at radius 1 is 1.00 bits per heavy atom. The number of nitrogens with zero attached hydrogens (tertiary/aromatic N) is 1. The number of carbonyl (C=O) groups is 1. The predicted octanol–water partition coefficient (Wildman–Crippen LogP) is 7.44. The molecule has 0 saturated heterocycles. The number of anilines is 1. The third-order valence-corrected chi connectivity index (χ3v) is 8.25. The summed E-state index contributed by atoms with van der Waals surface area (Å²) >= 11 is 0.